The number of nitrogens with zero attached hydrogens (tertiary/aromatic N) is 2. The Morgan fingerprint density at radius 1 is 1.43 bits per heavy atom. The number of nitrogen functional groups attached to an aromatic ring is 1. The summed E-state index contributed by atoms with van der Waals surface area (Å²) in [6.45, 7) is 2.00. The number of rotatable bonds is 2. The third-order valence-electron chi connectivity index (χ3n) is 1.69. The molecule has 0 amide bonds. The van der Waals surface area contributed by atoms with Crippen molar-refractivity contribution in [2.24, 2.45) is 0 Å². The standard InChI is InChI=1S/C9H10N4S/c1-6-5-12-9(14-6)13-8-7(10)3-2-4-11-8/h2-5H,10H2,1H3,(H,11,12,13). The highest BCUT2D eigenvalue weighted by molar-refractivity contribution is 7.15. The fourth-order valence-corrected chi connectivity index (χ4v) is 1.70. The first-order chi connectivity index (χ1) is 6.75. The Balaban J connectivity index is 2.23. The summed E-state index contributed by atoms with van der Waals surface area (Å²) in [5.41, 5.74) is 6.35. The van der Waals surface area contributed by atoms with Gasteiger partial charge in [-0.15, -0.1) is 11.3 Å². The van der Waals surface area contributed by atoms with Gasteiger partial charge in [-0.05, 0) is 19.1 Å². The molecule has 0 fully saturated rings. The zero-order valence-corrected chi connectivity index (χ0v) is 8.51. The normalized spacial score (nSPS) is 10.1. The molecule has 2 rings (SSSR count). The van der Waals surface area contributed by atoms with E-state index in [0.29, 0.717) is 11.5 Å². The molecule has 0 aliphatic rings. The van der Waals surface area contributed by atoms with Crippen LogP contribution in [0.1, 0.15) is 4.88 Å². The van der Waals surface area contributed by atoms with Crippen LogP contribution in [0.3, 0.4) is 0 Å². The number of hydrogen-bond acceptors (Lipinski definition) is 5. The van der Waals surface area contributed by atoms with Gasteiger partial charge in [0.25, 0.3) is 0 Å². The lowest BCUT2D eigenvalue weighted by Crippen LogP contribution is -1.97. The largest absolute Gasteiger partial charge is 0.396 e. The lowest BCUT2D eigenvalue weighted by molar-refractivity contribution is 1.29. The van der Waals surface area contributed by atoms with Crippen molar-refractivity contribution in [2.45, 2.75) is 6.92 Å². The molecule has 0 atom stereocenters. The van der Waals surface area contributed by atoms with Crippen molar-refractivity contribution in [3.8, 4) is 0 Å². The zero-order chi connectivity index (χ0) is 9.97. The highest BCUT2D eigenvalue weighted by Gasteiger charge is 2.02. The van der Waals surface area contributed by atoms with Gasteiger partial charge in [0.05, 0.1) is 5.69 Å². The first-order valence-corrected chi connectivity index (χ1v) is 4.97. The van der Waals surface area contributed by atoms with Gasteiger partial charge in [-0.1, -0.05) is 0 Å². The Labute approximate surface area is 85.8 Å². The van der Waals surface area contributed by atoms with Crippen LogP contribution in [0.2, 0.25) is 0 Å². The van der Waals surface area contributed by atoms with E-state index in [-0.39, 0.29) is 0 Å². The van der Waals surface area contributed by atoms with Crippen LogP contribution in [-0.2, 0) is 0 Å². The second-order valence-electron chi connectivity index (χ2n) is 2.84. The number of pyridine rings is 1. The van der Waals surface area contributed by atoms with Gasteiger partial charge in [-0.2, -0.15) is 0 Å². The van der Waals surface area contributed by atoms with Crippen molar-refractivity contribution >= 4 is 28.0 Å². The summed E-state index contributed by atoms with van der Waals surface area (Å²) in [6.07, 6.45) is 3.51. The molecule has 2 aromatic heterocycles. The Morgan fingerprint density at radius 3 is 2.93 bits per heavy atom. The van der Waals surface area contributed by atoms with Crippen LogP contribution >= 0.6 is 11.3 Å². The summed E-state index contributed by atoms with van der Waals surface area (Å²) < 4.78 is 0. The molecular formula is C9H10N4S. The van der Waals surface area contributed by atoms with E-state index in [4.69, 9.17) is 5.73 Å². The summed E-state index contributed by atoms with van der Waals surface area (Å²) in [5, 5.41) is 3.88. The van der Waals surface area contributed by atoms with Crippen LogP contribution in [0, 0.1) is 6.92 Å². The van der Waals surface area contributed by atoms with Gasteiger partial charge in [0.1, 0.15) is 0 Å². The fraction of sp³-hybridized carbons (Fsp3) is 0.111. The van der Waals surface area contributed by atoms with E-state index in [2.05, 4.69) is 15.3 Å². The Hall–Kier alpha value is -1.62. The van der Waals surface area contributed by atoms with Crippen molar-refractivity contribution in [3.63, 3.8) is 0 Å². The van der Waals surface area contributed by atoms with Crippen molar-refractivity contribution in [1.29, 1.82) is 0 Å². The average molecular weight is 206 g/mol. The van der Waals surface area contributed by atoms with Crippen LogP contribution in [-0.4, -0.2) is 9.97 Å². The van der Waals surface area contributed by atoms with Gasteiger partial charge in [0, 0.05) is 17.3 Å². The van der Waals surface area contributed by atoms with Gasteiger partial charge >= 0.3 is 0 Å². The lowest BCUT2D eigenvalue weighted by atomic mass is 10.4. The van der Waals surface area contributed by atoms with E-state index in [0.717, 1.165) is 10.0 Å². The number of anilines is 3. The lowest BCUT2D eigenvalue weighted by Gasteiger charge is -2.03. The maximum absolute atomic E-state index is 5.73. The minimum atomic E-state index is 0.625. The topological polar surface area (TPSA) is 63.8 Å². The van der Waals surface area contributed by atoms with Gasteiger partial charge < -0.3 is 11.1 Å². The van der Waals surface area contributed by atoms with E-state index in [1.807, 2.05) is 13.1 Å². The molecule has 0 unspecified atom stereocenters. The van der Waals surface area contributed by atoms with E-state index in [1.165, 1.54) is 0 Å². The molecule has 2 aromatic rings. The maximum Gasteiger partial charge on any atom is 0.188 e. The number of thiazole rings is 1. The molecule has 3 N–H and O–H groups in total. The molecule has 0 aromatic carbocycles. The van der Waals surface area contributed by atoms with Gasteiger partial charge in [-0.3, -0.25) is 0 Å². The summed E-state index contributed by atoms with van der Waals surface area (Å²) in [7, 11) is 0. The Kier molecular flexibility index (Phi) is 2.32. The van der Waals surface area contributed by atoms with Crippen LogP contribution in [0.5, 0.6) is 0 Å². The minimum absolute atomic E-state index is 0.625. The van der Waals surface area contributed by atoms with E-state index in [1.54, 1.807) is 29.7 Å². The monoisotopic (exact) mass is 206 g/mol. The van der Waals surface area contributed by atoms with Crippen molar-refractivity contribution in [2.75, 3.05) is 11.1 Å². The number of nitrogens with two attached hydrogens (primary N) is 1. The van der Waals surface area contributed by atoms with Crippen molar-refractivity contribution in [3.05, 3.63) is 29.4 Å². The summed E-state index contributed by atoms with van der Waals surface area (Å²) in [5.74, 6) is 0.654. The SMILES string of the molecule is Cc1cnc(Nc2ncccc2N)s1. The molecule has 4 nitrogen and oxygen atoms in total. The molecule has 0 saturated carbocycles. The molecule has 72 valence electrons. The van der Waals surface area contributed by atoms with Crippen LogP contribution in [0.4, 0.5) is 16.6 Å². The summed E-state index contributed by atoms with van der Waals surface area (Å²) >= 11 is 1.57. The molecule has 5 heteroatoms. The zero-order valence-electron chi connectivity index (χ0n) is 7.69. The average Bonchev–Trinajstić information content (AvgIpc) is 2.56. The number of aromatic nitrogens is 2. The highest BCUT2D eigenvalue weighted by Crippen LogP contribution is 2.23. The van der Waals surface area contributed by atoms with E-state index < -0.39 is 0 Å². The van der Waals surface area contributed by atoms with Crippen molar-refractivity contribution in [1.82, 2.24) is 9.97 Å². The van der Waals surface area contributed by atoms with Crippen LogP contribution in [0.25, 0.3) is 0 Å². The minimum Gasteiger partial charge on any atom is -0.396 e. The number of hydrogen-bond donors (Lipinski definition) is 2. The number of aryl methyl sites for hydroxylation is 1. The molecule has 0 bridgehead atoms. The Morgan fingerprint density at radius 2 is 2.29 bits per heavy atom. The maximum atomic E-state index is 5.73. The van der Waals surface area contributed by atoms with E-state index >= 15 is 0 Å². The molecule has 0 spiro atoms. The predicted octanol–water partition coefficient (Wildman–Crippen LogP) is 2.17. The smallest absolute Gasteiger partial charge is 0.188 e. The predicted molar refractivity (Wildman–Crippen MR) is 58.8 cm³/mol. The van der Waals surface area contributed by atoms with E-state index in [9.17, 15) is 0 Å². The first-order valence-electron chi connectivity index (χ1n) is 4.15. The summed E-state index contributed by atoms with van der Waals surface area (Å²) in [4.78, 5) is 9.43. The highest BCUT2D eigenvalue weighted by atomic mass is 32.1. The van der Waals surface area contributed by atoms with Crippen LogP contribution in [0.15, 0.2) is 24.5 Å². The molecular weight excluding hydrogens is 196 g/mol. The van der Waals surface area contributed by atoms with Gasteiger partial charge in [-0.25, -0.2) is 9.97 Å². The molecule has 14 heavy (non-hydrogen) atoms. The third kappa shape index (κ3) is 1.82. The first kappa shape index (κ1) is 8.96. The molecule has 0 aliphatic heterocycles. The third-order valence-corrected chi connectivity index (χ3v) is 2.51. The van der Waals surface area contributed by atoms with Gasteiger partial charge in [0.15, 0.2) is 10.9 Å². The van der Waals surface area contributed by atoms with Crippen LogP contribution < -0.4 is 11.1 Å². The number of nitrogens with one attached hydrogen (secondary N) is 1. The summed E-state index contributed by atoms with van der Waals surface area (Å²) in [6, 6.07) is 3.60. The molecule has 2 heterocycles. The second kappa shape index (κ2) is 3.63. The Bertz CT molecular complexity index is 438. The molecule has 0 saturated heterocycles. The fourth-order valence-electron chi connectivity index (χ4n) is 1.04. The molecule has 0 radical (unpaired) electrons. The quantitative estimate of drug-likeness (QED) is 0.790. The second-order valence-corrected chi connectivity index (χ2v) is 4.08. The van der Waals surface area contributed by atoms with Gasteiger partial charge in [0.2, 0.25) is 0 Å². The molecule has 0 aliphatic carbocycles. The van der Waals surface area contributed by atoms with Crippen molar-refractivity contribution < 1.29 is 0 Å².